The summed E-state index contributed by atoms with van der Waals surface area (Å²) in [6, 6.07) is 0.970. The highest BCUT2D eigenvalue weighted by Gasteiger charge is 2.39. The van der Waals surface area contributed by atoms with Gasteiger partial charge < -0.3 is 16.4 Å². The lowest BCUT2D eigenvalue weighted by Crippen LogP contribution is -2.25. The molecule has 1 heterocycles. The maximum Gasteiger partial charge on any atom is 0.263 e. The maximum absolute atomic E-state index is 12.3. The van der Waals surface area contributed by atoms with Crippen molar-refractivity contribution in [1.82, 2.24) is 5.32 Å². The van der Waals surface area contributed by atoms with Crippen LogP contribution in [0.3, 0.4) is 0 Å². The van der Waals surface area contributed by atoms with Gasteiger partial charge in [-0.3, -0.25) is 4.79 Å². The second kappa shape index (κ2) is 4.90. The molecule has 114 valence electrons. The minimum atomic E-state index is 0.0257. The van der Waals surface area contributed by atoms with Gasteiger partial charge in [0.25, 0.3) is 5.91 Å². The molecule has 2 unspecified atom stereocenters. The van der Waals surface area contributed by atoms with Crippen LogP contribution >= 0.6 is 11.3 Å². The van der Waals surface area contributed by atoms with Crippen molar-refractivity contribution in [2.75, 3.05) is 11.1 Å². The molecule has 4 nitrogen and oxygen atoms in total. The second-order valence-corrected chi connectivity index (χ2v) is 7.79. The van der Waals surface area contributed by atoms with Crippen LogP contribution in [0.5, 0.6) is 0 Å². The smallest absolute Gasteiger partial charge is 0.263 e. The van der Waals surface area contributed by atoms with Gasteiger partial charge in [-0.1, -0.05) is 13.3 Å². The van der Waals surface area contributed by atoms with E-state index >= 15 is 0 Å². The van der Waals surface area contributed by atoms with Crippen LogP contribution in [0.4, 0.5) is 10.7 Å². The van der Waals surface area contributed by atoms with Gasteiger partial charge in [-0.15, -0.1) is 11.3 Å². The number of amides is 1. The SMILES string of the molecule is CCC1CC1Nc1sc(C(=O)NC2CC2)c(N)c1C1CC1. The molecule has 3 aliphatic carbocycles. The zero-order valence-corrected chi connectivity index (χ0v) is 13.3. The van der Waals surface area contributed by atoms with Crippen LogP contribution in [-0.4, -0.2) is 18.0 Å². The third kappa shape index (κ3) is 2.63. The molecule has 1 aromatic rings. The molecule has 0 aliphatic heterocycles. The van der Waals surface area contributed by atoms with Gasteiger partial charge in [0, 0.05) is 17.6 Å². The number of nitrogens with two attached hydrogens (primary N) is 1. The van der Waals surface area contributed by atoms with Gasteiger partial charge in [0.05, 0.1) is 10.7 Å². The number of carbonyl (C=O) groups excluding carboxylic acids is 1. The van der Waals surface area contributed by atoms with Crippen molar-refractivity contribution < 1.29 is 4.79 Å². The van der Waals surface area contributed by atoms with E-state index in [-0.39, 0.29) is 5.91 Å². The number of nitrogens with one attached hydrogen (secondary N) is 2. The molecule has 2 atom stereocenters. The van der Waals surface area contributed by atoms with Crippen molar-refractivity contribution in [2.45, 2.75) is 63.5 Å². The first kappa shape index (κ1) is 13.4. The molecule has 3 fully saturated rings. The fourth-order valence-electron chi connectivity index (χ4n) is 3.03. The second-order valence-electron chi connectivity index (χ2n) is 6.76. The average Bonchev–Trinajstić information content (AvgIpc) is 3.30. The fourth-order valence-corrected chi connectivity index (χ4v) is 4.20. The van der Waals surface area contributed by atoms with Gasteiger partial charge >= 0.3 is 0 Å². The van der Waals surface area contributed by atoms with Gasteiger partial charge in [0.1, 0.15) is 4.88 Å². The topological polar surface area (TPSA) is 67.2 Å². The first-order chi connectivity index (χ1) is 10.2. The Bertz CT molecular complexity index is 574. The zero-order valence-electron chi connectivity index (χ0n) is 12.4. The van der Waals surface area contributed by atoms with Crippen molar-refractivity contribution in [3.8, 4) is 0 Å². The van der Waals surface area contributed by atoms with Gasteiger partial charge in [-0.05, 0) is 43.9 Å². The molecule has 0 radical (unpaired) electrons. The molecular formula is C16H23N3OS. The van der Waals surface area contributed by atoms with Crippen LogP contribution in [0, 0.1) is 5.92 Å². The third-order valence-electron chi connectivity index (χ3n) is 4.85. The van der Waals surface area contributed by atoms with Crippen molar-refractivity contribution >= 4 is 27.9 Å². The fraction of sp³-hybridized carbons (Fsp3) is 0.688. The number of hydrogen-bond acceptors (Lipinski definition) is 4. The van der Waals surface area contributed by atoms with E-state index < -0.39 is 0 Å². The van der Waals surface area contributed by atoms with Crippen LogP contribution in [0.25, 0.3) is 0 Å². The lowest BCUT2D eigenvalue weighted by atomic mass is 10.1. The van der Waals surface area contributed by atoms with Crippen LogP contribution in [-0.2, 0) is 0 Å². The monoisotopic (exact) mass is 305 g/mol. The molecule has 1 aromatic heterocycles. The van der Waals surface area contributed by atoms with Crippen LogP contribution in [0.15, 0.2) is 0 Å². The molecular weight excluding hydrogens is 282 g/mol. The lowest BCUT2D eigenvalue weighted by Gasteiger charge is -2.06. The third-order valence-corrected chi connectivity index (χ3v) is 6.00. The Labute approximate surface area is 129 Å². The number of anilines is 2. The van der Waals surface area contributed by atoms with E-state index in [2.05, 4.69) is 17.6 Å². The molecule has 3 aliphatic rings. The van der Waals surface area contributed by atoms with E-state index in [0.717, 1.165) is 34.3 Å². The largest absolute Gasteiger partial charge is 0.397 e. The summed E-state index contributed by atoms with van der Waals surface area (Å²) >= 11 is 1.57. The van der Waals surface area contributed by atoms with Crippen LogP contribution in [0.2, 0.25) is 0 Å². The lowest BCUT2D eigenvalue weighted by molar-refractivity contribution is 0.0956. The normalized spacial score (nSPS) is 27.5. The van der Waals surface area contributed by atoms with E-state index in [0.29, 0.717) is 18.0 Å². The minimum absolute atomic E-state index is 0.0257. The molecule has 0 bridgehead atoms. The average molecular weight is 305 g/mol. The molecule has 21 heavy (non-hydrogen) atoms. The van der Waals surface area contributed by atoms with Crippen molar-refractivity contribution in [1.29, 1.82) is 0 Å². The number of hydrogen-bond donors (Lipinski definition) is 3. The van der Waals surface area contributed by atoms with Gasteiger partial charge in [0.2, 0.25) is 0 Å². The van der Waals surface area contributed by atoms with Gasteiger partial charge in [-0.2, -0.15) is 0 Å². The molecule has 0 aromatic carbocycles. The van der Waals surface area contributed by atoms with Crippen molar-refractivity contribution in [3.63, 3.8) is 0 Å². The molecule has 3 saturated carbocycles. The van der Waals surface area contributed by atoms with E-state index in [9.17, 15) is 4.79 Å². The van der Waals surface area contributed by atoms with Gasteiger partial charge in [-0.25, -0.2) is 0 Å². The first-order valence-electron chi connectivity index (χ1n) is 8.17. The Balaban J connectivity index is 1.57. The Morgan fingerprint density at radius 3 is 2.67 bits per heavy atom. The first-order valence-corrected chi connectivity index (χ1v) is 8.98. The molecule has 5 heteroatoms. The Morgan fingerprint density at radius 1 is 1.33 bits per heavy atom. The Hall–Kier alpha value is -1.23. The molecule has 4 N–H and O–H groups in total. The number of thiophene rings is 1. The predicted octanol–water partition coefficient (Wildman–Crippen LogP) is 3.31. The predicted molar refractivity (Wildman–Crippen MR) is 87.0 cm³/mol. The van der Waals surface area contributed by atoms with Crippen molar-refractivity contribution in [3.05, 3.63) is 10.4 Å². The van der Waals surface area contributed by atoms with Crippen LogP contribution < -0.4 is 16.4 Å². The highest BCUT2D eigenvalue weighted by molar-refractivity contribution is 7.18. The summed E-state index contributed by atoms with van der Waals surface area (Å²) in [4.78, 5) is 13.1. The van der Waals surface area contributed by atoms with E-state index in [1.54, 1.807) is 11.3 Å². The number of carbonyl (C=O) groups is 1. The number of nitrogen functional groups attached to an aromatic ring is 1. The van der Waals surface area contributed by atoms with Crippen LogP contribution in [0.1, 0.15) is 66.6 Å². The number of rotatable bonds is 6. The standard InChI is InChI=1S/C16H23N3OS/c1-2-8-7-11(8)19-16-12(9-3-4-9)13(17)14(21-16)15(20)18-10-5-6-10/h8-11,19H,2-7,17H2,1H3,(H,18,20). The molecule has 0 saturated heterocycles. The Kier molecular flexibility index (Phi) is 3.14. The highest BCUT2D eigenvalue weighted by atomic mass is 32.1. The molecule has 4 rings (SSSR count). The van der Waals surface area contributed by atoms with Gasteiger partial charge in [0.15, 0.2) is 0 Å². The van der Waals surface area contributed by atoms with E-state index in [1.807, 2.05) is 0 Å². The highest BCUT2D eigenvalue weighted by Crippen LogP contribution is 2.52. The minimum Gasteiger partial charge on any atom is -0.397 e. The summed E-state index contributed by atoms with van der Waals surface area (Å²) in [7, 11) is 0. The maximum atomic E-state index is 12.3. The zero-order chi connectivity index (χ0) is 14.6. The van der Waals surface area contributed by atoms with E-state index in [4.69, 9.17) is 5.73 Å². The van der Waals surface area contributed by atoms with E-state index in [1.165, 1.54) is 31.2 Å². The van der Waals surface area contributed by atoms with Crippen molar-refractivity contribution in [2.24, 2.45) is 5.92 Å². The summed E-state index contributed by atoms with van der Waals surface area (Å²) in [5, 5.41) is 7.88. The molecule has 1 amide bonds. The molecule has 0 spiro atoms. The summed E-state index contributed by atoms with van der Waals surface area (Å²) in [6.07, 6.45) is 7.12. The Morgan fingerprint density at radius 2 is 2.10 bits per heavy atom. The summed E-state index contributed by atoms with van der Waals surface area (Å²) < 4.78 is 0. The summed E-state index contributed by atoms with van der Waals surface area (Å²) in [6.45, 7) is 2.24. The summed E-state index contributed by atoms with van der Waals surface area (Å²) in [5.74, 6) is 1.40. The quantitative estimate of drug-likeness (QED) is 0.755. The summed E-state index contributed by atoms with van der Waals surface area (Å²) in [5.41, 5.74) is 8.27.